The highest BCUT2D eigenvalue weighted by Crippen LogP contribution is 2.24. The van der Waals surface area contributed by atoms with Crippen LogP contribution in [0.5, 0.6) is 5.75 Å². The minimum absolute atomic E-state index is 0.267. The number of benzene rings is 3. The highest BCUT2D eigenvalue weighted by Gasteiger charge is 2.13. The van der Waals surface area contributed by atoms with E-state index in [4.69, 9.17) is 16.3 Å². The van der Waals surface area contributed by atoms with Crippen molar-refractivity contribution in [2.24, 2.45) is 0 Å². The molecular formula is C22H19ClN4O2. The van der Waals surface area contributed by atoms with E-state index in [0.717, 1.165) is 22.5 Å². The van der Waals surface area contributed by atoms with Gasteiger partial charge in [-0.25, -0.2) is 0 Å². The summed E-state index contributed by atoms with van der Waals surface area (Å²) in [5, 5.41) is 12.4. The third-order valence-corrected chi connectivity index (χ3v) is 4.80. The number of anilines is 1. The Balaban J connectivity index is 1.63. The van der Waals surface area contributed by atoms with E-state index in [1.807, 2.05) is 50.2 Å². The van der Waals surface area contributed by atoms with E-state index in [1.54, 1.807) is 29.1 Å². The van der Waals surface area contributed by atoms with E-state index in [-0.39, 0.29) is 5.91 Å². The lowest BCUT2D eigenvalue weighted by Crippen LogP contribution is -2.13. The summed E-state index contributed by atoms with van der Waals surface area (Å²) in [6.07, 6.45) is 0. The lowest BCUT2D eigenvalue weighted by Gasteiger charge is -2.09. The molecule has 0 saturated carbocycles. The number of aryl methyl sites for hydroxylation is 1. The fourth-order valence-electron chi connectivity index (χ4n) is 3.00. The SMILES string of the molecule is CCOc1ccc(-n2nc3cc(C)c(NC(=O)c4ccccc4Cl)cc3n2)cc1. The molecule has 4 aromatic rings. The zero-order chi connectivity index (χ0) is 20.4. The van der Waals surface area contributed by atoms with Gasteiger partial charge in [-0.05, 0) is 67.9 Å². The molecule has 0 fully saturated rings. The number of rotatable bonds is 5. The number of hydrogen-bond acceptors (Lipinski definition) is 4. The molecule has 4 rings (SSSR count). The van der Waals surface area contributed by atoms with Gasteiger partial charge in [0, 0.05) is 5.69 Å². The predicted octanol–water partition coefficient (Wildman–Crippen LogP) is 5.03. The largest absolute Gasteiger partial charge is 0.494 e. The van der Waals surface area contributed by atoms with E-state index >= 15 is 0 Å². The first-order valence-corrected chi connectivity index (χ1v) is 9.60. The lowest BCUT2D eigenvalue weighted by molar-refractivity contribution is 0.102. The Labute approximate surface area is 173 Å². The summed E-state index contributed by atoms with van der Waals surface area (Å²) in [6, 6.07) is 18.2. The number of hydrogen-bond donors (Lipinski definition) is 1. The first-order chi connectivity index (χ1) is 14.0. The molecule has 0 aliphatic carbocycles. The quantitative estimate of drug-likeness (QED) is 0.504. The molecule has 0 aliphatic heterocycles. The van der Waals surface area contributed by atoms with Crippen LogP contribution in [0.3, 0.4) is 0 Å². The average molecular weight is 407 g/mol. The molecule has 1 heterocycles. The highest BCUT2D eigenvalue weighted by atomic mass is 35.5. The van der Waals surface area contributed by atoms with Crippen LogP contribution in [0.4, 0.5) is 5.69 Å². The van der Waals surface area contributed by atoms with Gasteiger partial charge in [0.15, 0.2) is 0 Å². The molecule has 3 aromatic carbocycles. The maximum absolute atomic E-state index is 12.6. The van der Waals surface area contributed by atoms with Gasteiger partial charge in [0.05, 0.1) is 22.9 Å². The van der Waals surface area contributed by atoms with Crippen LogP contribution in [-0.4, -0.2) is 27.5 Å². The van der Waals surface area contributed by atoms with Gasteiger partial charge in [-0.2, -0.15) is 4.80 Å². The van der Waals surface area contributed by atoms with Gasteiger partial charge >= 0.3 is 0 Å². The summed E-state index contributed by atoms with van der Waals surface area (Å²) < 4.78 is 5.47. The molecular weight excluding hydrogens is 388 g/mol. The summed E-state index contributed by atoms with van der Waals surface area (Å²) in [5.74, 6) is 0.533. The third-order valence-electron chi connectivity index (χ3n) is 4.47. The third kappa shape index (κ3) is 3.93. The van der Waals surface area contributed by atoms with Crippen LogP contribution in [-0.2, 0) is 0 Å². The zero-order valence-electron chi connectivity index (χ0n) is 16.0. The summed E-state index contributed by atoms with van der Waals surface area (Å²) in [7, 11) is 0. The molecule has 0 aliphatic rings. The van der Waals surface area contributed by atoms with Crippen molar-refractivity contribution in [2.45, 2.75) is 13.8 Å². The summed E-state index contributed by atoms with van der Waals surface area (Å²) >= 11 is 6.13. The molecule has 1 N–H and O–H groups in total. The Kier molecular flexibility index (Phi) is 5.18. The molecule has 7 heteroatoms. The van der Waals surface area contributed by atoms with Crippen molar-refractivity contribution in [3.63, 3.8) is 0 Å². The van der Waals surface area contributed by atoms with Crippen LogP contribution in [0.15, 0.2) is 60.7 Å². The first kappa shape index (κ1) is 19.0. The van der Waals surface area contributed by atoms with E-state index in [0.29, 0.717) is 28.4 Å². The number of amides is 1. The van der Waals surface area contributed by atoms with Crippen molar-refractivity contribution in [1.29, 1.82) is 0 Å². The number of halogens is 1. The maximum Gasteiger partial charge on any atom is 0.257 e. The fourth-order valence-corrected chi connectivity index (χ4v) is 3.22. The van der Waals surface area contributed by atoms with E-state index in [1.165, 1.54) is 0 Å². The van der Waals surface area contributed by atoms with Crippen molar-refractivity contribution in [2.75, 3.05) is 11.9 Å². The second kappa shape index (κ2) is 7.93. The van der Waals surface area contributed by atoms with Crippen molar-refractivity contribution >= 4 is 34.2 Å². The van der Waals surface area contributed by atoms with Crippen molar-refractivity contribution in [3.8, 4) is 11.4 Å². The topological polar surface area (TPSA) is 69.0 Å². The van der Waals surface area contributed by atoms with Gasteiger partial charge in [-0.3, -0.25) is 4.79 Å². The van der Waals surface area contributed by atoms with Gasteiger partial charge < -0.3 is 10.1 Å². The molecule has 146 valence electrons. The Morgan fingerprint density at radius 2 is 1.76 bits per heavy atom. The fraction of sp³-hybridized carbons (Fsp3) is 0.136. The Morgan fingerprint density at radius 3 is 2.45 bits per heavy atom. The number of nitrogens with zero attached hydrogens (tertiary/aromatic N) is 3. The smallest absolute Gasteiger partial charge is 0.257 e. The van der Waals surface area contributed by atoms with Crippen molar-refractivity contribution < 1.29 is 9.53 Å². The van der Waals surface area contributed by atoms with Crippen LogP contribution in [0.25, 0.3) is 16.7 Å². The number of fused-ring (bicyclic) bond motifs is 1. The molecule has 0 spiro atoms. The van der Waals surface area contributed by atoms with Crippen molar-refractivity contribution in [3.05, 3.63) is 76.8 Å². The maximum atomic E-state index is 12.6. The lowest BCUT2D eigenvalue weighted by atomic mass is 10.1. The van der Waals surface area contributed by atoms with Gasteiger partial charge in [0.2, 0.25) is 0 Å². The molecule has 0 atom stereocenters. The normalized spacial score (nSPS) is 10.9. The highest BCUT2D eigenvalue weighted by molar-refractivity contribution is 6.34. The second-order valence-corrected chi connectivity index (χ2v) is 6.91. The Bertz CT molecular complexity index is 1190. The standard InChI is InChI=1S/C22H19ClN4O2/c1-3-29-16-10-8-15(9-11-16)27-25-20-12-14(2)19(13-21(20)26-27)24-22(28)17-6-4-5-7-18(17)23/h4-13H,3H2,1-2H3,(H,24,28). The van der Waals surface area contributed by atoms with Gasteiger partial charge in [-0.1, -0.05) is 23.7 Å². The Hall–Kier alpha value is -3.38. The summed E-state index contributed by atoms with van der Waals surface area (Å²) in [4.78, 5) is 14.2. The molecule has 0 saturated heterocycles. The average Bonchev–Trinajstić information content (AvgIpc) is 3.12. The minimum Gasteiger partial charge on any atom is -0.494 e. The predicted molar refractivity (Wildman–Crippen MR) is 114 cm³/mol. The molecule has 0 radical (unpaired) electrons. The second-order valence-electron chi connectivity index (χ2n) is 6.51. The van der Waals surface area contributed by atoms with Crippen LogP contribution in [0, 0.1) is 6.92 Å². The Morgan fingerprint density at radius 1 is 1.07 bits per heavy atom. The number of nitrogens with one attached hydrogen (secondary N) is 1. The summed E-state index contributed by atoms with van der Waals surface area (Å²) in [5.41, 5.74) is 4.22. The number of ether oxygens (including phenoxy) is 1. The van der Waals surface area contributed by atoms with E-state index < -0.39 is 0 Å². The summed E-state index contributed by atoms with van der Waals surface area (Å²) in [6.45, 7) is 4.48. The van der Waals surface area contributed by atoms with E-state index in [9.17, 15) is 4.79 Å². The molecule has 0 bridgehead atoms. The van der Waals surface area contributed by atoms with Crippen LogP contribution in [0.2, 0.25) is 5.02 Å². The van der Waals surface area contributed by atoms with Gasteiger partial charge in [-0.15, -0.1) is 10.2 Å². The van der Waals surface area contributed by atoms with Crippen LogP contribution < -0.4 is 10.1 Å². The monoisotopic (exact) mass is 406 g/mol. The zero-order valence-corrected chi connectivity index (χ0v) is 16.8. The van der Waals surface area contributed by atoms with Crippen LogP contribution in [0.1, 0.15) is 22.8 Å². The number of carbonyl (C=O) groups excluding carboxylic acids is 1. The molecule has 0 unspecified atom stereocenters. The van der Waals surface area contributed by atoms with Gasteiger partial charge in [0.1, 0.15) is 16.8 Å². The number of carbonyl (C=O) groups is 1. The molecule has 29 heavy (non-hydrogen) atoms. The first-order valence-electron chi connectivity index (χ1n) is 9.22. The molecule has 6 nitrogen and oxygen atoms in total. The van der Waals surface area contributed by atoms with Crippen LogP contribution >= 0.6 is 11.6 Å². The molecule has 1 aromatic heterocycles. The van der Waals surface area contributed by atoms with Gasteiger partial charge in [0.25, 0.3) is 5.91 Å². The van der Waals surface area contributed by atoms with Crippen molar-refractivity contribution in [1.82, 2.24) is 15.0 Å². The van der Waals surface area contributed by atoms with E-state index in [2.05, 4.69) is 15.5 Å². The molecule has 1 amide bonds. The minimum atomic E-state index is -0.267. The number of aromatic nitrogens is 3.